The van der Waals surface area contributed by atoms with Crippen LogP contribution in [0.25, 0.3) is 0 Å². The summed E-state index contributed by atoms with van der Waals surface area (Å²) in [6, 6.07) is 10.3. The standard InChI is InChI=1S/C19H22N4OS.3C2HF3O2/c1-14-5-6-17(25-14)10-20-11-18-19-15(7-9-24-18)12-23(22-19)13-16-4-2-3-8-21-16;3*3-2(4,5)1(6)7/h2-6,8,12,18,20H,7,9-11,13H2,1H3;3*(H,6,7). The quantitative estimate of drug-likeness (QED) is 0.258. The molecule has 1 aliphatic heterocycles. The molecular formula is C25H25F9N4O7S. The number of nitrogens with zero attached hydrogens (tertiary/aromatic N) is 3. The van der Waals surface area contributed by atoms with E-state index in [0.717, 1.165) is 37.5 Å². The number of aryl methyl sites for hydroxylation is 1. The second-order valence-corrected chi connectivity index (χ2v) is 10.1. The maximum absolute atomic E-state index is 10.6. The van der Waals surface area contributed by atoms with Gasteiger partial charge in [0.2, 0.25) is 0 Å². The number of carboxylic acid groups (broad SMARTS) is 3. The lowest BCUT2D eigenvalue weighted by Gasteiger charge is -2.22. The van der Waals surface area contributed by atoms with Crippen LogP contribution in [0.4, 0.5) is 39.5 Å². The first kappa shape index (κ1) is 39.8. The summed E-state index contributed by atoms with van der Waals surface area (Å²) in [6.45, 7) is 5.25. The van der Waals surface area contributed by atoms with Crippen molar-refractivity contribution in [2.24, 2.45) is 0 Å². The highest BCUT2D eigenvalue weighted by molar-refractivity contribution is 7.11. The third kappa shape index (κ3) is 15.2. The summed E-state index contributed by atoms with van der Waals surface area (Å²) in [6.07, 6.45) is -10.3. The summed E-state index contributed by atoms with van der Waals surface area (Å²) in [5.74, 6) is -8.27. The fourth-order valence-corrected chi connectivity index (χ4v) is 3.99. The van der Waals surface area contributed by atoms with Gasteiger partial charge in [0.05, 0.1) is 24.5 Å². The lowest BCUT2D eigenvalue weighted by atomic mass is 10.1. The number of fused-ring (bicyclic) bond motifs is 1. The Bertz CT molecular complexity index is 1350. The molecule has 0 aliphatic carbocycles. The molecule has 46 heavy (non-hydrogen) atoms. The summed E-state index contributed by atoms with van der Waals surface area (Å²) in [4.78, 5) is 33.8. The molecule has 21 heteroatoms. The molecule has 0 saturated heterocycles. The van der Waals surface area contributed by atoms with Crippen molar-refractivity contribution in [3.05, 3.63) is 69.4 Å². The van der Waals surface area contributed by atoms with Crippen molar-refractivity contribution in [3.63, 3.8) is 0 Å². The Hall–Kier alpha value is -4.24. The monoisotopic (exact) mass is 696 g/mol. The normalized spacial score (nSPS) is 14.3. The lowest BCUT2D eigenvalue weighted by Crippen LogP contribution is -2.27. The summed E-state index contributed by atoms with van der Waals surface area (Å²) in [5.41, 5.74) is 3.38. The minimum atomic E-state index is -5.08. The molecule has 11 nitrogen and oxygen atoms in total. The van der Waals surface area contributed by atoms with Crippen molar-refractivity contribution >= 4 is 29.2 Å². The summed E-state index contributed by atoms with van der Waals surface area (Å²) in [5, 5.41) is 29.7. The van der Waals surface area contributed by atoms with E-state index in [0.29, 0.717) is 6.54 Å². The van der Waals surface area contributed by atoms with Crippen LogP contribution in [-0.4, -0.2) is 79.7 Å². The molecule has 0 spiro atoms. The van der Waals surface area contributed by atoms with Crippen LogP contribution >= 0.6 is 11.3 Å². The first-order valence-electron chi connectivity index (χ1n) is 12.3. The zero-order valence-corrected chi connectivity index (χ0v) is 24.1. The smallest absolute Gasteiger partial charge is 0.475 e. The first-order chi connectivity index (χ1) is 21.1. The highest BCUT2D eigenvalue weighted by Gasteiger charge is 2.39. The molecule has 0 aromatic carbocycles. The molecule has 4 N–H and O–H groups in total. The molecule has 256 valence electrons. The van der Waals surface area contributed by atoms with Crippen LogP contribution in [-0.2, 0) is 38.6 Å². The Kier molecular flexibility index (Phi) is 15.1. The van der Waals surface area contributed by atoms with Gasteiger partial charge in [-0.3, -0.25) is 9.67 Å². The fraction of sp³-hybridized carbons (Fsp3) is 0.400. The number of halogens is 9. The van der Waals surface area contributed by atoms with E-state index in [-0.39, 0.29) is 6.10 Å². The first-order valence-corrected chi connectivity index (χ1v) is 13.2. The van der Waals surface area contributed by atoms with Gasteiger partial charge in [-0.1, -0.05) is 6.07 Å². The van der Waals surface area contributed by atoms with Crippen LogP contribution in [0.15, 0.2) is 42.7 Å². The van der Waals surface area contributed by atoms with Gasteiger partial charge in [-0.05, 0) is 43.2 Å². The maximum atomic E-state index is 10.6. The Labute approximate surface area is 257 Å². The molecule has 1 atom stereocenters. The summed E-state index contributed by atoms with van der Waals surface area (Å²) < 4.78 is 103. The molecule has 3 aromatic heterocycles. The van der Waals surface area contributed by atoms with E-state index in [1.165, 1.54) is 15.3 Å². The topological polar surface area (TPSA) is 164 Å². The van der Waals surface area contributed by atoms with Crippen molar-refractivity contribution in [2.45, 2.75) is 51.1 Å². The van der Waals surface area contributed by atoms with Crippen molar-refractivity contribution in [1.82, 2.24) is 20.1 Å². The maximum Gasteiger partial charge on any atom is 0.490 e. The van der Waals surface area contributed by atoms with Gasteiger partial charge >= 0.3 is 36.4 Å². The molecule has 1 aliphatic rings. The number of aromatic nitrogens is 3. The molecule has 1 unspecified atom stereocenters. The third-order valence-electron chi connectivity index (χ3n) is 5.07. The van der Waals surface area contributed by atoms with Gasteiger partial charge in [0.1, 0.15) is 6.10 Å². The molecule has 4 rings (SSSR count). The Morgan fingerprint density at radius 1 is 0.935 bits per heavy atom. The van der Waals surface area contributed by atoms with Crippen LogP contribution in [0, 0.1) is 6.92 Å². The van der Waals surface area contributed by atoms with Gasteiger partial charge in [-0.25, -0.2) is 14.4 Å². The molecule has 4 heterocycles. The van der Waals surface area contributed by atoms with Crippen LogP contribution in [0.5, 0.6) is 0 Å². The number of thiophene rings is 1. The number of alkyl halides is 9. The van der Waals surface area contributed by atoms with Crippen molar-refractivity contribution in [3.8, 4) is 0 Å². The highest BCUT2D eigenvalue weighted by atomic mass is 32.1. The molecule has 0 saturated carbocycles. The molecule has 3 aromatic rings. The Balaban J connectivity index is 0.000000413. The predicted octanol–water partition coefficient (Wildman–Crippen LogP) is 5.00. The van der Waals surface area contributed by atoms with Gasteiger partial charge in [0.15, 0.2) is 0 Å². The van der Waals surface area contributed by atoms with Crippen molar-refractivity contribution < 1.29 is 74.0 Å². The van der Waals surface area contributed by atoms with E-state index in [1.807, 2.05) is 40.4 Å². The number of ether oxygens (including phenoxy) is 1. The lowest BCUT2D eigenvalue weighted by molar-refractivity contribution is -0.193. The van der Waals surface area contributed by atoms with Gasteiger partial charge in [-0.15, -0.1) is 11.3 Å². The number of hydrogen-bond acceptors (Lipinski definition) is 8. The zero-order chi connectivity index (χ0) is 35.3. The molecule has 0 fully saturated rings. The highest BCUT2D eigenvalue weighted by Crippen LogP contribution is 2.26. The van der Waals surface area contributed by atoms with Gasteiger partial charge in [-0.2, -0.15) is 44.6 Å². The van der Waals surface area contributed by atoms with E-state index in [1.54, 1.807) is 0 Å². The Morgan fingerprint density at radius 2 is 1.48 bits per heavy atom. The second-order valence-electron chi connectivity index (χ2n) is 8.72. The summed E-state index contributed by atoms with van der Waals surface area (Å²) >= 11 is 1.84. The fourth-order valence-electron chi connectivity index (χ4n) is 3.13. The average molecular weight is 697 g/mol. The molecular weight excluding hydrogens is 671 g/mol. The molecule has 0 bridgehead atoms. The van der Waals surface area contributed by atoms with Crippen LogP contribution in [0.3, 0.4) is 0 Å². The third-order valence-corrected chi connectivity index (χ3v) is 6.07. The number of aliphatic carboxylic acids is 3. The van der Waals surface area contributed by atoms with Crippen molar-refractivity contribution in [1.29, 1.82) is 0 Å². The van der Waals surface area contributed by atoms with Crippen LogP contribution in [0.2, 0.25) is 0 Å². The van der Waals surface area contributed by atoms with E-state index in [4.69, 9.17) is 39.5 Å². The van der Waals surface area contributed by atoms with Gasteiger partial charge < -0.3 is 25.4 Å². The summed E-state index contributed by atoms with van der Waals surface area (Å²) in [7, 11) is 0. The van der Waals surface area contributed by atoms with Gasteiger partial charge in [0, 0.05) is 35.2 Å². The van der Waals surface area contributed by atoms with Crippen LogP contribution < -0.4 is 5.32 Å². The largest absolute Gasteiger partial charge is 0.490 e. The number of nitrogens with one attached hydrogen (secondary N) is 1. The van der Waals surface area contributed by atoms with E-state index in [2.05, 4.69) is 35.6 Å². The number of carbonyl (C=O) groups is 3. The minimum absolute atomic E-state index is 0.0230. The second kappa shape index (κ2) is 17.5. The molecule has 0 radical (unpaired) electrons. The van der Waals surface area contributed by atoms with E-state index >= 15 is 0 Å². The Morgan fingerprint density at radius 3 is 1.91 bits per heavy atom. The van der Waals surface area contributed by atoms with E-state index in [9.17, 15) is 39.5 Å². The number of pyridine rings is 1. The SMILES string of the molecule is Cc1ccc(CNCC2OCCc3cn(Cc4ccccn4)nc32)s1.O=C(O)C(F)(F)F.O=C(O)C(F)(F)F.O=C(O)C(F)(F)F. The number of hydrogen-bond donors (Lipinski definition) is 4. The predicted molar refractivity (Wildman–Crippen MR) is 140 cm³/mol. The average Bonchev–Trinajstić information content (AvgIpc) is 3.54. The van der Waals surface area contributed by atoms with Crippen LogP contribution in [0.1, 0.15) is 32.8 Å². The zero-order valence-electron chi connectivity index (χ0n) is 23.3. The minimum Gasteiger partial charge on any atom is -0.475 e. The van der Waals surface area contributed by atoms with Gasteiger partial charge in [0.25, 0.3) is 0 Å². The molecule has 0 amide bonds. The van der Waals surface area contributed by atoms with Crippen molar-refractivity contribution in [2.75, 3.05) is 13.2 Å². The number of rotatable bonds is 6. The number of carboxylic acids is 3. The van der Waals surface area contributed by atoms with E-state index < -0.39 is 36.4 Å².